The van der Waals surface area contributed by atoms with Crippen molar-refractivity contribution in [3.05, 3.63) is 32.7 Å². The molecule has 0 saturated heterocycles. The van der Waals surface area contributed by atoms with Crippen LogP contribution in [0.1, 0.15) is 23.2 Å². The van der Waals surface area contributed by atoms with E-state index in [9.17, 15) is 13.2 Å². The van der Waals surface area contributed by atoms with Crippen LogP contribution in [-0.2, 0) is 9.84 Å². The third-order valence-corrected chi connectivity index (χ3v) is 4.33. The lowest BCUT2D eigenvalue weighted by Gasteiger charge is -2.04. The molecule has 0 saturated carbocycles. The van der Waals surface area contributed by atoms with Crippen molar-refractivity contribution in [2.45, 2.75) is 12.8 Å². The van der Waals surface area contributed by atoms with Crippen molar-refractivity contribution < 1.29 is 13.2 Å². The minimum absolute atomic E-state index is 0.0481. The molecule has 0 N–H and O–H groups in total. The minimum Gasteiger partial charge on any atom is -0.294 e. The number of rotatable bonds is 5. The molecule has 1 aromatic carbocycles. The first-order chi connectivity index (χ1) is 7.79. The molecule has 0 amide bonds. The van der Waals surface area contributed by atoms with Gasteiger partial charge in [0, 0.05) is 27.2 Å². The smallest absolute Gasteiger partial charge is 0.164 e. The third kappa shape index (κ3) is 5.31. The van der Waals surface area contributed by atoms with Crippen LogP contribution in [0.5, 0.6) is 0 Å². The topological polar surface area (TPSA) is 51.2 Å². The highest BCUT2D eigenvalue weighted by atomic mass is 79.9. The van der Waals surface area contributed by atoms with Crippen LogP contribution < -0.4 is 0 Å². The van der Waals surface area contributed by atoms with Gasteiger partial charge in [-0.15, -0.1) is 0 Å². The molecule has 3 nitrogen and oxygen atoms in total. The van der Waals surface area contributed by atoms with Gasteiger partial charge in [0.05, 0.1) is 5.75 Å². The van der Waals surface area contributed by atoms with Gasteiger partial charge in [-0.25, -0.2) is 8.42 Å². The summed E-state index contributed by atoms with van der Waals surface area (Å²) in [5.41, 5.74) is 0.585. The molecule has 6 heteroatoms. The Morgan fingerprint density at radius 1 is 1.29 bits per heavy atom. The van der Waals surface area contributed by atoms with E-state index in [2.05, 4.69) is 31.9 Å². The van der Waals surface area contributed by atoms with Crippen LogP contribution >= 0.6 is 31.9 Å². The van der Waals surface area contributed by atoms with Crippen molar-refractivity contribution in [3.8, 4) is 0 Å². The quantitative estimate of drug-likeness (QED) is 0.733. The van der Waals surface area contributed by atoms with E-state index in [1.165, 1.54) is 6.26 Å². The average Bonchev–Trinajstić information content (AvgIpc) is 2.15. The van der Waals surface area contributed by atoms with Crippen molar-refractivity contribution in [2.75, 3.05) is 12.0 Å². The highest BCUT2D eigenvalue weighted by Gasteiger charge is 2.11. The molecule has 0 spiro atoms. The van der Waals surface area contributed by atoms with Crippen molar-refractivity contribution in [1.82, 2.24) is 0 Å². The van der Waals surface area contributed by atoms with E-state index in [0.717, 1.165) is 8.95 Å². The number of carbonyl (C=O) groups excluding carboxylic acids is 1. The number of hydrogen-bond donors (Lipinski definition) is 0. The van der Waals surface area contributed by atoms with Crippen molar-refractivity contribution in [2.24, 2.45) is 0 Å². The first-order valence-electron chi connectivity index (χ1n) is 4.95. The van der Waals surface area contributed by atoms with E-state index in [1.54, 1.807) is 18.2 Å². The summed E-state index contributed by atoms with van der Waals surface area (Å²) in [5.74, 6) is 0.000374. The van der Waals surface area contributed by atoms with E-state index < -0.39 is 9.84 Å². The van der Waals surface area contributed by atoms with Crippen LogP contribution in [0.4, 0.5) is 0 Å². The van der Waals surface area contributed by atoms with Gasteiger partial charge in [-0.1, -0.05) is 31.9 Å². The summed E-state index contributed by atoms with van der Waals surface area (Å²) in [5, 5.41) is 0. The maximum absolute atomic E-state index is 11.8. The van der Waals surface area contributed by atoms with Crippen molar-refractivity contribution in [1.29, 1.82) is 0 Å². The van der Waals surface area contributed by atoms with Gasteiger partial charge in [-0.2, -0.15) is 0 Å². The second-order valence-corrected chi connectivity index (χ2v) is 7.81. The molecule has 0 unspecified atom stereocenters. The number of halogens is 2. The zero-order valence-electron chi connectivity index (χ0n) is 9.24. The Kier molecular flexibility index (Phi) is 5.34. The number of ketones is 1. The Labute approximate surface area is 118 Å². The second kappa shape index (κ2) is 6.11. The predicted octanol–water partition coefficient (Wildman–Crippen LogP) is 3.22. The number of sulfone groups is 1. The standard InChI is InChI=1S/C11H12Br2O3S/c1-17(15,16)6-2-3-11(14)9-5-4-8(12)7-10(9)13/h4-5,7H,2-3,6H2,1H3. The van der Waals surface area contributed by atoms with Crippen LogP contribution in [0.25, 0.3) is 0 Å². The maximum Gasteiger partial charge on any atom is 0.164 e. The molecule has 0 bridgehead atoms. The third-order valence-electron chi connectivity index (χ3n) is 2.15. The van der Waals surface area contributed by atoms with Gasteiger partial charge in [0.25, 0.3) is 0 Å². The summed E-state index contributed by atoms with van der Waals surface area (Å²) in [4.78, 5) is 11.8. The van der Waals surface area contributed by atoms with E-state index in [0.29, 0.717) is 12.0 Å². The molecule has 94 valence electrons. The fraction of sp³-hybridized carbons (Fsp3) is 0.364. The zero-order valence-corrected chi connectivity index (χ0v) is 13.2. The van der Waals surface area contributed by atoms with Crippen LogP contribution in [0.15, 0.2) is 27.1 Å². The monoisotopic (exact) mass is 382 g/mol. The number of hydrogen-bond acceptors (Lipinski definition) is 3. The molecule has 0 aliphatic carbocycles. The molecule has 0 fully saturated rings. The Hall–Kier alpha value is -0.200. The molecule has 0 heterocycles. The Morgan fingerprint density at radius 2 is 1.94 bits per heavy atom. The lowest BCUT2D eigenvalue weighted by atomic mass is 10.1. The normalized spacial score (nSPS) is 11.5. The van der Waals surface area contributed by atoms with Crippen LogP contribution in [0, 0.1) is 0 Å². The Balaban J connectivity index is 2.65. The van der Waals surface area contributed by atoms with E-state index >= 15 is 0 Å². The summed E-state index contributed by atoms with van der Waals surface area (Å²) in [6.07, 6.45) is 1.78. The minimum atomic E-state index is -2.99. The molecular formula is C11H12Br2O3S. The molecule has 0 radical (unpaired) electrons. The molecule has 0 aromatic heterocycles. The fourth-order valence-electron chi connectivity index (χ4n) is 1.35. The van der Waals surface area contributed by atoms with Crippen molar-refractivity contribution in [3.63, 3.8) is 0 Å². The molecule has 0 aliphatic heterocycles. The maximum atomic E-state index is 11.8. The van der Waals surface area contributed by atoms with Gasteiger partial charge in [0.15, 0.2) is 5.78 Å². The van der Waals surface area contributed by atoms with Gasteiger partial charge in [-0.05, 0) is 24.6 Å². The molecule has 1 rings (SSSR count). The molecule has 0 atom stereocenters. The number of benzene rings is 1. The van der Waals surface area contributed by atoms with Gasteiger partial charge in [-0.3, -0.25) is 4.79 Å². The SMILES string of the molecule is CS(=O)(=O)CCCC(=O)c1ccc(Br)cc1Br. The first kappa shape index (κ1) is 14.9. The van der Waals surface area contributed by atoms with Crippen LogP contribution in [0.3, 0.4) is 0 Å². The summed E-state index contributed by atoms with van der Waals surface area (Å²) >= 11 is 6.61. The molecule has 0 aliphatic rings. The molecule has 1 aromatic rings. The summed E-state index contributed by atoms with van der Waals surface area (Å²) < 4.78 is 23.5. The van der Waals surface area contributed by atoms with E-state index in [4.69, 9.17) is 0 Å². The summed E-state index contributed by atoms with van der Waals surface area (Å²) in [7, 11) is -2.99. The van der Waals surface area contributed by atoms with Crippen molar-refractivity contribution >= 4 is 47.5 Å². The van der Waals surface area contributed by atoms with Gasteiger partial charge >= 0.3 is 0 Å². The largest absolute Gasteiger partial charge is 0.294 e. The molecular weight excluding hydrogens is 372 g/mol. The average molecular weight is 384 g/mol. The van der Waals surface area contributed by atoms with Gasteiger partial charge in [0.2, 0.25) is 0 Å². The number of carbonyl (C=O) groups is 1. The fourth-order valence-corrected chi connectivity index (χ4v) is 3.28. The first-order valence-corrected chi connectivity index (χ1v) is 8.60. The highest BCUT2D eigenvalue weighted by Crippen LogP contribution is 2.23. The molecule has 17 heavy (non-hydrogen) atoms. The highest BCUT2D eigenvalue weighted by molar-refractivity contribution is 9.11. The lowest BCUT2D eigenvalue weighted by Crippen LogP contribution is -2.07. The van der Waals surface area contributed by atoms with Crippen LogP contribution in [0.2, 0.25) is 0 Å². The number of Topliss-reactive ketones (excluding diaryl/α,β-unsaturated/α-hetero) is 1. The predicted molar refractivity (Wildman–Crippen MR) is 75.1 cm³/mol. The van der Waals surface area contributed by atoms with E-state index in [1.807, 2.05) is 0 Å². The second-order valence-electron chi connectivity index (χ2n) is 3.78. The Morgan fingerprint density at radius 3 is 2.47 bits per heavy atom. The van der Waals surface area contributed by atoms with Crippen LogP contribution in [-0.4, -0.2) is 26.2 Å². The zero-order chi connectivity index (χ0) is 13.1. The van der Waals surface area contributed by atoms with Gasteiger partial charge in [0.1, 0.15) is 9.84 Å². The lowest BCUT2D eigenvalue weighted by molar-refractivity contribution is 0.0981. The summed E-state index contributed by atoms with van der Waals surface area (Å²) in [6, 6.07) is 5.30. The Bertz CT molecular complexity index is 524. The van der Waals surface area contributed by atoms with E-state index in [-0.39, 0.29) is 18.0 Å². The van der Waals surface area contributed by atoms with Gasteiger partial charge < -0.3 is 0 Å². The summed E-state index contributed by atoms with van der Waals surface area (Å²) in [6.45, 7) is 0.